The summed E-state index contributed by atoms with van der Waals surface area (Å²) < 4.78 is 18.7. The number of benzene rings is 1. The Kier molecular flexibility index (Phi) is 3.78. The minimum atomic E-state index is -0.334. The zero-order valence-electron chi connectivity index (χ0n) is 16.6. The lowest BCUT2D eigenvalue weighted by Gasteiger charge is -2.41. The van der Waals surface area contributed by atoms with Gasteiger partial charge in [0.2, 0.25) is 5.91 Å². The van der Waals surface area contributed by atoms with E-state index in [0.717, 1.165) is 61.8 Å². The summed E-state index contributed by atoms with van der Waals surface area (Å²) in [7, 11) is 0. The number of likely N-dealkylation sites (tertiary alicyclic amines) is 1. The molecule has 1 amide bonds. The molecule has 5 heteroatoms. The fourth-order valence-corrected chi connectivity index (χ4v) is 6.01. The Hall–Kier alpha value is -2.17. The first-order chi connectivity index (χ1) is 13.3. The summed E-state index contributed by atoms with van der Waals surface area (Å²) in [4.78, 5) is 15.6. The maximum absolute atomic E-state index is 13.5. The molecule has 2 aromatic rings. The summed E-state index contributed by atoms with van der Waals surface area (Å²) in [6.45, 7) is 10.3. The van der Waals surface area contributed by atoms with Crippen molar-refractivity contribution < 1.29 is 13.7 Å². The molecule has 1 saturated heterocycles. The van der Waals surface area contributed by atoms with Gasteiger partial charge in [-0.15, -0.1) is 0 Å². The van der Waals surface area contributed by atoms with Crippen LogP contribution in [-0.4, -0.2) is 29.1 Å². The van der Waals surface area contributed by atoms with Crippen LogP contribution in [0.1, 0.15) is 57.6 Å². The van der Waals surface area contributed by atoms with Crippen LogP contribution in [0.3, 0.4) is 0 Å². The van der Waals surface area contributed by atoms with Crippen molar-refractivity contribution in [3.05, 3.63) is 41.9 Å². The molecule has 2 saturated carbocycles. The number of rotatable bonds is 2. The molecule has 28 heavy (non-hydrogen) atoms. The zero-order valence-corrected chi connectivity index (χ0v) is 16.6. The van der Waals surface area contributed by atoms with Crippen LogP contribution in [0.25, 0.3) is 11.0 Å². The predicted octanol–water partition coefficient (Wildman–Crippen LogP) is 5.06. The van der Waals surface area contributed by atoms with E-state index in [9.17, 15) is 9.18 Å². The third-order valence-electron chi connectivity index (χ3n) is 7.93. The molecule has 148 valence electrons. The molecule has 2 bridgehead atoms. The lowest BCUT2D eigenvalue weighted by molar-refractivity contribution is -0.140. The van der Waals surface area contributed by atoms with E-state index in [1.165, 1.54) is 12.1 Å². The smallest absolute Gasteiger partial charge is 0.232 e. The van der Waals surface area contributed by atoms with Gasteiger partial charge in [0.15, 0.2) is 5.58 Å². The Morgan fingerprint density at radius 2 is 2.04 bits per heavy atom. The monoisotopic (exact) mass is 382 g/mol. The van der Waals surface area contributed by atoms with Gasteiger partial charge >= 0.3 is 0 Å². The maximum atomic E-state index is 13.5. The summed E-state index contributed by atoms with van der Waals surface area (Å²) >= 11 is 0. The van der Waals surface area contributed by atoms with Crippen molar-refractivity contribution in [2.45, 2.75) is 51.9 Å². The van der Waals surface area contributed by atoms with E-state index in [0.29, 0.717) is 11.5 Å². The second-order valence-electron chi connectivity index (χ2n) is 9.50. The van der Waals surface area contributed by atoms with Gasteiger partial charge < -0.3 is 9.42 Å². The van der Waals surface area contributed by atoms with E-state index in [2.05, 4.69) is 25.6 Å². The first-order valence-electron chi connectivity index (χ1n) is 10.4. The van der Waals surface area contributed by atoms with Crippen LogP contribution in [0, 0.1) is 22.6 Å². The second-order valence-corrected chi connectivity index (χ2v) is 9.50. The van der Waals surface area contributed by atoms with Crippen LogP contribution in [0.2, 0.25) is 0 Å². The highest BCUT2D eigenvalue weighted by Crippen LogP contribution is 2.66. The highest BCUT2D eigenvalue weighted by atomic mass is 19.1. The maximum Gasteiger partial charge on any atom is 0.232 e. The van der Waals surface area contributed by atoms with Crippen LogP contribution in [0.15, 0.2) is 34.9 Å². The third kappa shape index (κ3) is 2.34. The highest BCUT2D eigenvalue weighted by Gasteiger charge is 2.61. The number of nitrogens with zero attached hydrogens (tertiary/aromatic N) is 2. The molecule has 2 atom stereocenters. The number of aromatic nitrogens is 1. The van der Waals surface area contributed by atoms with Gasteiger partial charge in [0.05, 0.1) is 11.1 Å². The standard InChI is InChI=1S/C23H27FN2O2/c1-14-22(2,3)16-6-9-23(14,13-16)21(27)26-10-7-15(8-11-26)20-18-5-4-17(24)12-19(18)28-25-20/h4-5,12,15-16H,1,6-11,13H2,2-3H3/t16-,23-/m0/s1. The Morgan fingerprint density at radius 1 is 1.29 bits per heavy atom. The highest BCUT2D eigenvalue weighted by molar-refractivity contribution is 5.88. The lowest BCUT2D eigenvalue weighted by Crippen LogP contribution is -2.47. The van der Waals surface area contributed by atoms with E-state index in [4.69, 9.17) is 4.52 Å². The third-order valence-corrected chi connectivity index (χ3v) is 7.93. The molecule has 3 aliphatic rings. The number of fused-ring (bicyclic) bond motifs is 3. The number of hydrogen-bond donors (Lipinski definition) is 0. The van der Waals surface area contributed by atoms with Crippen LogP contribution in [-0.2, 0) is 4.79 Å². The predicted molar refractivity (Wildman–Crippen MR) is 105 cm³/mol. The van der Waals surface area contributed by atoms with Gasteiger partial charge in [-0.2, -0.15) is 0 Å². The Morgan fingerprint density at radius 3 is 2.71 bits per heavy atom. The normalized spacial score (nSPS) is 29.8. The minimum absolute atomic E-state index is 0.0706. The van der Waals surface area contributed by atoms with Gasteiger partial charge in [0.25, 0.3) is 0 Å². The molecule has 1 aromatic carbocycles. The summed E-state index contributed by atoms with van der Waals surface area (Å²) in [5.74, 6) is 0.803. The summed E-state index contributed by atoms with van der Waals surface area (Å²) in [6.07, 6.45) is 4.78. The Balaban J connectivity index is 1.32. The quantitative estimate of drug-likeness (QED) is 0.683. The van der Waals surface area contributed by atoms with Crippen LogP contribution in [0.4, 0.5) is 4.39 Å². The number of carbonyl (C=O) groups is 1. The molecule has 0 spiro atoms. The molecule has 4 nitrogen and oxygen atoms in total. The molecule has 1 aromatic heterocycles. The SMILES string of the molecule is C=C1C(C)(C)[C@H]2CC[C@]1(C(=O)N1CCC(c3noc4cc(F)ccc34)CC1)C2. The average Bonchev–Trinajstić information content (AvgIpc) is 3.36. The number of piperidine rings is 1. The van der Waals surface area contributed by atoms with E-state index in [1.54, 1.807) is 6.07 Å². The van der Waals surface area contributed by atoms with Crippen molar-refractivity contribution in [2.75, 3.05) is 13.1 Å². The van der Waals surface area contributed by atoms with Crippen molar-refractivity contribution in [3.63, 3.8) is 0 Å². The van der Waals surface area contributed by atoms with E-state index in [-0.39, 0.29) is 28.5 Å². The first kappa shape index (κ1) is 17.9. The van der Waals surface area contributed by atoms with Crippen LogP contribution < -0.4 is 0 Å². The summed E-state index contributed by atoms with van der Waals surface area (Å²) in [5, 5.41) is 5.10. The van der Waals surface area contributed by atoms with Gasteiger partial charge in [-0.05, 0) is 55.6 Å². The molecule has 5 rings (SSSR count). The number of hydrogen-bond acceptors (Lipinski definition) is 3. The summed E-state index contributed by atoms with van der Waals surface area (Å²) in [6, 6.07) is 4.58. The van der Waals surface area contributed by atoms with E-state index >= 15 is 0 Å². The summed E-state index contributed by atoms with van der Waals surface area (Å²) in [5.41, 5.74) is 2.27. The molecule has 3 fully saturated rings. The van der Waals surface area contributed by atoms with Gasteiger partial charge in [-0.25, -0.2) is 4.39 Å². The molecule has 2 heterocycles. The van der Waals surface area contributed by atoms with Crippen molar-refractivity contribution >= 4 is 16.9 Å². The van der Waals surface area contributed by atoms with Crippen LogP contribution >= 0.6 is 0 Å². The van der Waals surface area contributed by atoms with Gasteiger partial charge in [0, 0.05) is 30.5 Å². The van der Waals surface area contributed by atoms with Crippen molar-refractivity contribution in [3.8, 4) is 0 Å². The molecule has 0 N–H and O–H groups in total. The first-order valence-corrected chi connectivity index (χ1v) is 10.4. The van der Waals surface area contributed by atoms with Crippen molar-refractivity contribution in [2.24, 2.45) is 16.7 Å². The zero-order chi connectivity index (χ0) is 19.7. The van der Waals surface area contributed by atoms with Gasteiger partial charge in [-0.1, -0.05) is 31.2 Å². The minimum Gasteiger partial charge on any atom is -0.356 e. The number of halogens is 1. The molecule has 0 unspecified atom stereocenters. The Labute approximate surface area is 164 Å². The molecular weight excluding hydrogens is 355 g/mol. The van der Waals surface area contributed by atoms with Crippen molar-refractivity contribution in [1.82, 2.24) is 10.1 Å². The van der Waals surface area contributed by atoms with E-state index < -0.39 is 0 Å². The Bertz CT molecular complexity index is 970. The van der Waals surface area contributed by atoms with Gasteiger partial charge in [-0.3, -0.25) is 4.79 Å². The largest absolute Gasteiger partial charge is 0.356 e. The average molecular weight is 382 g/mol. The second kappa shape index (κ2) is 5.91. The van der Waals surface area contributed by atoms with E-state index in [1.807, 2.05) is 4.90 Å². The van der Waals surface area contributed by atoms with Crippen LogP contribution in [0.5, 0.6) is 0 Å². The fourth-order valence-electron chi connectivity index (χ4n) is 6.01. The number of amides is 1. The fraction of sp³-hybridized carbons (Fsp3) is 0.565. The molecular formula is C23H27FN2O2. The topological polar surface area (TPSA) is 46.3 Å². The lowest BCUT2D eigenvalue weighted by atomic mass is 9.68. The molecule has 1 aliphatic heterocycles. The molecule has 0 radical (unpaired) electrons. The van der Waals surface area contributed by atoms with Crippen molar-refractivity contribution in [1.29, 1.82) is 0 Å². The van der Waals surface area contributed by atoms with Gasteiger partial charge in [0.1, 0.15) is 5.82 Å². The number of carbonyl (C=O) groups excluding carboxylic acids is 1. The molecule has 2 aliphatic carbocycles.